The SMILES string of the molecule is Nc1cccnc1C(=O)Nc1nc2ccccc2[nH]1. The number of fused-ring (bicyclic) bond motifs is 1. The number of hydrogen-bond donors (Lipinski definition) is 3. The van der Waals surface area contributed by atoms with E-state index >= 15 is 0 Å². The maximum absolute atomic E-state index is 12.0. The summed E-state index contributed by atoms with van der Waals surface area (Å²) in [6.07, 6.45) is 1.52. The molecule has 4 N–H and O–H groups in total. The van der Waals surface area contributed by atoms with Crippen molar-refractivity contribution < 1.29 is 4.79 Å². The molecule has 0 atom stereocenters. The van der Waals surface area contributed by atoms with Crippen molar-refractivity contribution in [3.8, 4) is 0 Å². The van der Waals surface area contributed by atoms with Crippen LogP contribution in [0.3, 0.4) is 0 Å². The average molecular weight is 253 g/mol. The van der Waals surface area contributed by atoms with Gasteiger partial charge in [0.1, 0.15) is 0 Å². The van der Waals surface area contributed by atoms with E-state index in [0.717, 1.165) is 11.0 Å². The molecule has 1 amide bonds. The van der Waals surface area contributed by atoms with Gasteiger partial charge in [-0.2, -0.15) is 0 Å². The first-order chi connectivity index (χ1) is 9.24. The highest BCUT2D eigenvalue weighted by molar-refractivity contribution is 6.05. The number of aromatic amines is 1. The van der Waals surface area contributed by atoms with E-state index in [2.05, 4.69) is 20.3 Å². The minimum atomic E-state index is -0.392. The molecule has 19 heavy (non-hydrogen) atoms. The molecule has 6 heteroatoms. The van der Waals surface area contributed by atoms with Crippen LogP contribution in [-0.2, 0) is 0 Å². The molecule has 0 spiro atoms. The number of anilines is 2. The molecule has 1 aromatic carbocycles. The molecule has 0 bridgehead atoms. The van der Waals surface area contributed by atoms with Crippen LogP contribution in [0.4, 0.5) is 11.6 Å². The Morgan fingerprint density at radius 2 is 2.05 bits per heavy atom. The predicted octanol–water partition coefficient (Wildman–Crippen LogP) is 1.79. The minimum Gasteiger partial charge on any atom is -0.397 e. The summed E-state index contributed by atoms with van der Waals surface area (Å²) in [6.45, 7) is 0. The van der Waals surface area contributed by atoms with Gasteiger partial charge in [0, 0.05) is 6.20 Å². The van der Waals surface area contributed by atoms with Gasteiger partial charge in [0.25, 0.3) is 5.91 Å². The molecule has 0 aliphatic carbocycles. The number of nitrogens with one attached hydrogen (secondary N) is 2. The van der Waals surface area contributed by atoms with Gasteiger partial charge in [-0.3, -0.25) is 10.1 Å². The van der Waals surface area contributed by atoms with E-state index in [4.69, 9.17) is 5.73 Å². The lowest BCUT2D eigenvalue weighted by atomic mass is 10.3. The zero-order chi connectivity index (χ0) is 13.2. The lowest BCUT2D eigenvalue weighted by molar-refractivity contribution is 0.102. The van der Waals surface area contributed by atoms with Crippen molar-refractivity contribution in [1.29, 1.82) is 0 Å². The number of nitrogen functional groups attached to an aromatic ring is 1. The van der Waals surface area contributed by atoms with Crippen LogP contribution in [0.15, 0.2) is 42.6 Å². The fraction of sp³-hybridized carbons (Fsp3) is 0. The first kappa shape index (κ1) is 11.2. The van der Waals surface area contributed by atoms with Gasteiger partial charge in [0.2, 0.25) is 5.95 Å². The molecule has 0 aliphatic rings. The molecule has 2 heterocycles. The number of benzene rings is 1. The second-order valence-corrected chi connectivity index (χ2v) is 4.00. The summed E-state index contributed by atoms with van der Waals surface area (Å²) in [5.41, 5.74) is 7.85. The van der Waals surface area contributed by atoms with Gasteiger partial charge in [0.05, 0.1) is 16.7 Å². The number of nitrogens with two attached hydrogens (primary N) is 1. The number of imidazole rings is 1. The van der Waals surface area contributed by atoms with E-state index in [9.17, 15) is 4.79 Å². The topological polar surface area (TPSA) is 96.7 Å². The lowest BCUT2D eigenvalue weighted by Crippen LogP contribution is -2.16. The summed E-state index contributed by atoms with van der Waals surface area (Å²) in [6, 6.07) is 10.8. The van der Waals surface area contributed by atoms with Gasteiger partial charge in [-0.25, -0.2) is 9.97 Å². The number of rotatable bonds is 2. The van der Waals surface area contributed by atoms with Crippen LogP contribution in [0.2, 0.25) is 0 Å². The quantitative estimate of drug-likeness (QED) is 0.648. The molecule has 2 aromatic heterocycles. The molecule has 0 unspecified atom stereocenters. The molecule has 0 fully saturated rings. The van der Waals surface area contributed by atoms with Crippen molar-refractivity contribution in [1.82, 2.24) is 15.0 Å². The van der Waals surface area contributed by atoms with Gasteiger partial charge in [0.15, 0.2) is 5.69 Å². The highest BCUT2D eigenvalue weighted by Crippen LogP contribution is 2.15. The Balaban J connectivity index is 1.89. The first-order valence-corrected chi connectivity index (χ1v) is 5.70. The zero-order valence-electron chi connectivity index (χ0n) is 9.92. The van der Waals surface area contributed by atoms with E-state index in [-0.39, 0.29) is 5.69 Å². The third kappa shape index (κ3) is 2.11. The summed E-state index contributed by atoms with van der Waals surface area (Å²) in [5, 5.41) is 2.64. The van der Waals surface area contributed by atoms with Gasteiger partial charge in [-0.15, -0.1) is 0 Å². The number of aromatic nitrogens is 3. The maximum atomic E-state index is 12.0. The largest absolute Gasteiger partial charge is 0.397 e. The fourth-order valence-electron chi connectivity index (χ4n) is 1.79. The van der Waals surface area contributed by atoms with Crippen molar-refractivity contribution in [2.45, 2.75) is 0 Å². The standard InChI is InChI=1S/C13H11N5O/c14-8-4-3-7-15-11(8)12(19)18-13-16-9-5-1-2-6-10(9)17-13/h1-7H,14H2,(H2,16,17,18,19). The second kappa shape index (κ2) is 4.41. The third-order valence-corrected chi connectivity index (χ3v) is 2.68. The van der Waals surface area contributed by atoms with Crippen molar-refractivity contribution in [3.63, 3.8) is 0 Å². The summed E-state index contributed by atoms with van der Waals surface area (Å²) in [5.74, 6) is -0.0200. The Labute approximate surface area is 108 Å². The molecular formula is C13H11N5O. The van der Waals surface area contributed by atoms with Crippen LogP contribution in [-0.4, -0.2) is 20.9 Å². The van der Waals surface area contributed by atoms with Crippen molar-refractivity contribution >= 4 is 28.6 Å². The molecule has 0 saturated heterocycles. The van der Waals surface area contributed by atoms with E-state index < -0.39 is 5.91 Å². The van der Waals surface area contributed by atoms with E-state index in [1.54, 1.807) is 12.1 Å². The molecule has 3 aromatic rings. The number of hydrogen-bond acceptors (Lipinski definition) is 4. The Hall–Kier alpha value is -2.89. The highest BCUT2D eigenvalue weighted by atomic mass is 16.2. The van der Waals surface area contributed by atoms with Gasteiger partial charge >= 0.3 is 0 Å². The van der Waals surface area contributed by atoms with Crippen LogP contribution in [0, 0.1) is 0 Å². The average Bonchev–Trinajstić information content (AvgIpc) is 2.81. The van der Waals surface area contributed by atoms with Gasteiger partial charge in [-0.05, 0) is 24.3 Å². The van der Waals surface area contributed by atoms with Crippen molar-refractivity contribution in [3.05, 3.63) is 48.3 Å². The Kier molecular flexibility index (Phi) is 2.60. The number of pyridine rings is 1. The van der Waals surface area contributed by atoms with Crippen LogP contribution in [0.25, 0.3) is 11.0 Å². The number of nitrogens with zero attached hydrogens (tertiary/aromatic N) is 2. The molecule has 0 radical (unpaired) electrons. The number of amides is 1. The zero-order valence-corrected chi connectivity index (χ0v) is 9.92. The van der Waals surface area contributed by atoms with Crippen molar-refractivity contribution in [2.24, 2.45) is 0 Å². The van der Waals surface area contributed by atoms with Crippen LogP contribution >= 0.6 is 0 Å². The van der Waals surface area contributed by atoms with Crippen molar-refractivity contribution in [2.75, 3.05) is 11.1 Å². The van der Waals surface area contributed by atoms with E-state index in [1.807, 2.05) is 24.3 Å². The number of para-hydroxylation sites is 2. The van der Waals surface area contributed by atoms with Gasteiger partial charge < -0.3 is 10.7 Å². The predicted molar refractivity (Wildman–Crippen MR) is 72.7 cm³/mol. The molecule has 94 valence electrons. The molecule has 0 saturated carbocycles. The molecule has 3 rings (SSSR count). The second-order valence-electron chi connectivity index (χ2n) is 4.00. The maximum Gasteiger partial charge on any atom is 0.278 e. The minimum absolute atomic E-state index is 0.183. The monoisotopic (exact) mass is 253 g/mol. The van der Waals surface area contributed by atoms with Crippen LogP contribution in [0.5, 0.6) is 0 Å². The number of H-pyrrole nitrogens is 1. The van der Waals surface area contributed by atoms with Crippen LogP contribution in [0.1, 0.15) is 10.5 Å². The Morgan fingerprint density at radius 3 is 2.84 bits per heavy atom. The normalized spacial score (nSPS) is 10.5. The summed E-state index contributed by atoms with van der Waals surface area (Å²) < 4.78 is 0. The molecule has 0 aliphatic heterocycles. The Morgan fingerprint density at radius 1 is 1.21 bits per heavy atom. The lowest BCUT2D eigenvalue weighted by Gasteiger charge is -2.03. The number of carbonyl (C=O) groups excluding carboxylic acids is 1. The van der Waals surface area contributed by atoms with E-state index in [1.165, 1.54) is 6.20 Å². The van der Waals surface area contributed by atoms with Crippen LogP contribution < -0.4 is 11.1 Å². The van der Waals surface area contributed by atoms with Gasteiger partial charge in [-0.1, -0.05) is 12.1 Å². The smallest absolute Gasteiger partial charge is 0.278 e. The summed E-state index contributed by atoms with van der Waals surface area (Å²) in [7, 11) is 0. The first-order valence-electron chi connectivity index (χ1n) is 5.70. The molecular weight excluding hydrogens is 242 g/mol. The summed E-state index contributed by atoms with van der Waals surface area (Å²) >= 11 is 0. The molecule has 6 nitrogen and oxygen atoms in total. The fourth-order valence-corrected chi connectivity index (χ4v) is 1.79. The number of carbonyl (C=O) groups is 1. The van der Waals surface area contributed by atoms with E-state index in [0.29, 0.717) is 11.6 Å². The third-order valence-electron chi connectivity index (χ3n) is 2.68. The Bertz CT molecular complexity index is 716. The summed E-state index contributed by atoms with van der Waals surface area (Å²) in [4.78, 5) is 23.2. The highest BCUT2D eigenvalue weighted by Gasteiger charge is 2.12.